The minimum absolute atomic E-state index is 0.00731. The van der Waals surface area contributed by atoms with Crippen LogP contribution in [0.3, 0.4) is 0 Å². The Morgan fingerprint density at radius 3 is 2.62 bits per heavy atom. The molecule has 0 bridgehead atoms. The average Bonchev–Trinajstić information content (AvgIpc) is 2.85. The van der Waals surface area contributed by atoms with Crippen LogP contribution in [0.15, 0.2) is 41.8 Å². The molecule has 0 aliphatic rings. The third-order valence-electron chi connectivity index (χ3n) is 3.05. The maximum absolute atomic E-state index is 12.3. The first-order valence-corrected chi connectivity index (χ1v) is 9.06. The number of rotatable bonds is 6. The Kier molecular flexibility index (Phi) is 4.83. The van der Waals surface area contributed by atoms with Crippen LogP contribution in [0.5, 0.6) is 0 Å². The minimum atomic E-state index is -3.63. The third kappa shape index (κ3) is 4.17. The lowest BCUT2D eigenvalue weighted by molar-refractivity contribution is -0.138. The van der Waals surface area contributed by atoms with E-state index in [1.165, 1.54) is 11.3 Å². The summed E-state index contributed by atoms with van der Waals surface area (Å²) in [5, 5.41) is 13.8. The van der Waals surface area contributed by atoms with E-state index in [-0.39, 0.29) is 6.16 Å². The maximum atomic E-state index is 12.3. The Morgan fingerprint density at radius 2 is 2.00 bits per heavy atom. The molecule has 0 aliphatic carbocycles. The van der Waals surface area contributed by atoms with Crippen molar-refractivity contribution in [2.24, 2.45) is 0 Å². The molecule has 5 nitrogen and oxygen atoms in total. The van der Waals surface area contributed by atoms with E-state index in [1.54, 1.807) is 42.6 Å². The molecular weight excluding hydrogens is 309 g/mol. The summed E-state index contributed by atoms with van der Waals surface area (Å²) in [7, 11) is -3.63. The van der Waals surface area contributed by atoms with Crippen molar-refractivity contribution in [1.29, 1.82) is 0 Å². The summed E-state index contributed by atoms with van der Waals surface area (Å²) < 4.78 is 12.3. The number of carboxylic acid groups (broad SMARTS) is 1. The van der Waals surface area contributed by atoms with E-state index >= 15 is 0 Å². The van der Waals surface area contributed by atoms with Crippen molar-refractivity contribution in [3.05, 3.63) is 52.9 Å². The number of aliphatic carboxylic acids is 1. The molecule has 112 valence electrons. The summed E-state index contributed by atoms with van der Waals surface area (Å²) in [5.74, 6) is -1.69. The highest BCUT2D eigenvalue weighted by Crippen LogP contribution is 2.47. The normalized spacial score (nSPS) is 15.1. The molecule has 0 aliphatic heterocycles. The van der Waals surface area contributed by atoms with Gasteiger partial charge in [0.05, 0.1) is 17.1 Å². The number of anilines is 1. The fourth-order valence-corrected chi connectivity index (χ4v) is 4.51. The van der Waals surface area contributed by atoms with Gasteiger partial charge in [-0.05, 0) is 23.9 Å². The second-order valence-corrected chi connectivity index (χ2v) is 7.58. The molecule has 0 amide bonds. The van der Waals surface area contributed by atoms with Crippen molar-refractivity contribution in [3.63, 3.8) is 0 Å². The van der Waals surface area contributed by atoms with Crippen molar-refractivity contribution in [2.45, 2.75) is 19.0 Å². The summed E-state index contributed by atoms with van der Waals surface area (Å²) in [4.78, 5) is 21.1. The first kappa shape index (κ1) is 15.8. The highest BCUT2D eigenvalue weighted by molar-refractivity contribution is 7.59. The van der Waals surface area contributed by atoms with Crippen LogP contribution in [0.1, 0.15) is 24.0 Å². The first-order valence-electron chi connectivity index (χ1n) is 6.33. The van der Waals surface area contributed by atoms with E-state index < -0.39 is 19.4 Å². The van der Waals surface area contributed by atoms with Crippen LogP contribution in [0.25, 0.3) is 0 Å². The second kappa shape index (κ2) is 6.43. The Balaban J connectivity index is 2.16. The van der Waals surface area contributed by atoms with Gasteiger partial charge in [0.25, 0.3) is 7.52 Å². The van der Waals surface area contributed by atoms with E-state index in [9.17, 15) is 14.3 Å². The quantitative estimate of drug-likeness (QED) is 0.704. The molecule has 1 aromatic heterocycles. The fourth-order valence-electron chi connectivity index (χ4n) is 1.91. The predicted molar refractivity (Wildman–Crippen MR) is 84.0 cm³/mol. The molecule has 0 spiro atoms. The number of benzene rings is 1. The molecule has 1 aromatic carbocycles. The van der Waals surface area contributed by atoms with E-state index in [4.69, 9.17) is 5.11 Å². The molecule has 0 radical (unpaired) electrons. The molecular formula is C14H16NO4PS. The third-order valence-corrected chi connectivity index (χ3v) is 5.41. The maximum Gasteiger partial charge on any atom is 0.310 e. The first-order chi connectivity index (χ1) is 9.89. The number of hydrogen-bond acceptors (Lipinski definition) is 3. The number of carbonyl (C=O) groups is 1. The fraction of sp³-hybridized carbons (Fsp3) is 0.214. The van der Waals surface area contributed by atoms with Gasteiger partial charge in [0.15, 0.2) is 0 Å². The minimum Gasteiger partial charge on any atom is -0.481 e. The number of hydrogen-bond donors (Lipinski definition) is 3. The summed E-state index contributed by atoms with van der Waals surface area (Å²) >= 11 is 1.23. The van der Waals surface area contributed by atoms with Gasteiger partial charge < -0.3 is 15.1 Å². The van der Waals surface area contributed by atoms with Crippen LogP contribution in [-0.4, -0.2) is 16.0 Å². The van der Waals surface area contributed by atoms with Gasteiger partial charge in [-0.1, -0.05) is 30.3 Å². The zero-order valence-electron chi connectivity index (χ0n) is 11.4. The van der Waals surface area contributed by atoms with Crippen molar-refractivity contribution in [1.82, 2.24) is 0 Å². The van der Waals surface area contributed by atoms with Gasteiger partial charge in [0.2, 0.25) is 0 Å². The smallest absolute Gasteiger partial charge is 0.310 e. The molecule has 0 saturated heterocycles. The summed E-state index contributed by atoms with van der Waals surface area (Å²) in [5.41, 5.74) is 1.27. The Labute approximate surface area is 126 Å². The van der Waals surface area contributed by atoms with Crippen molar-refractivity contribution >= 4 is 29.8 Å². The standard InChI is InChI=1S/C14H16NO4PS/c1-10(14(16)17)12-7-8-21-13(12)15-20(18,19)9-11-5-3-2-4-6-11/h2-8,10H,9H2,1H3,(H,16,17)(H2,15,18,19). The number of nitrogens with one attached hydrogen (secondary N) is 1. The SMILES string of the molecule is CC(C(=O)O)c1ccsc1NP(=O)(O)Cc1ccccc1. The van der Waals surface area contributed by atoms with Gasteiger partial charge in [0, 0.05) is 5.56 Å². The molecule has 1 heterocycles. The zero-order valence-corrected chi connectivity index (χ0v) is 13.1. The Bertz CT molecular complexity index is 671. The van der Waals surface area contributed by atoms with Gasteiger partial charge in [-0.2, -0.15) is 0 Å². The molecule has 2 unspecified atom stereocenters. The van der Waals surface area contributed by atoms with Gasteiger partial charge >= 0.3 is 5.97 Å². The number of thiophene rings is 1. The highest BCUT2D eigenvalue weighted by Gasteiger charge is 2.24. The van der Waals surface area contributed by atoms with Gasteiger partial charge in [-0.25, -0.2) is 0 Å². The number of carboxylic acids is 1. The van der Waals surface area contributed by atoms with Gasteiger partial charge in [-0.3, -0.25) is 9.36 Å². The zero-order chi connectivity index (χ0) is 15.5. The molecule has 0 saturated carbocycles. The van der Waals surface area contributed by atoms with Crippen LogP contribution in [0, 0.1) is 0 Å². The van der Waals surface area contributed by atoms with Crippen LogP contribution < -0.4 is 5.09 Å². The van der Waals surface area contributed by atoms with Crippen LogP contribution in [0.4, 0.5) is 5.00 Å². The van der Waals surface area contributed by atoms with Crippen molar-refractivity contribution in [3.8, 4) is 0 Å². The topological polar surface area (TPSA) is 86.6 Å². The van der Waals surface area contributed by atoms with Crippen molar-refractivity contribution < 1.29 is 19.4 Å². The Hall–Kier alpha value is -1.62. The van der Waals surface area contributed by atoms with E-state index in [1.807, 2.05) is 6.07 Å². The molecule has 2 rings (SSSR count). The molecule has 2 aromatic rings. The van der Waals surface area contributed by atoms with Crippen LogP contribution in [-0.2, 0) is 15.5 Å². The van der Waals surface area contributed by atoms with E-state index in [2.05, 4.69) is 5.09 Å². The van der Waals surface area contributed by atoms with Gasteiger partial charge in [0.1, 0.15) is 0 Å². The summed E-state index contributed by atoms with van der Waals surface area (Å²) in [6, 6.07) is 10.7. The second-order valence-electron chi connectivity index (χ2n) is 4.72. The molecule has 2 atom stereocenters. The lowest BCUT2D eigenvalue weighted by Crippen LogP contribution is -2.09. The lowest BCUT2D eigenvalue weighted by atomic mass is 10.1. The Morgan fingerprint density at radius 1 is 1.33 bits per heavy atom. The summed E-state index contributed by atoms with van der Waals surface area (Å²) in [6.07, 6.45) is -0.00731. The van der Waals surface area contributed by atoms with Crippen LogP contribution >= 0.6 is 18.9 Å². The highest BCUT2D eigenvalue weighted by atomic mass is 32.1. The molecule has 0 fully saturated rings. The van der Waals surface area contributed by atoms with Crippen molar-refractivity contribution in [2.75, 3.05) is 5.09 Å². The largest absolute Gasteiger partial charge is 0.481 e. The van der Waals surface area contributed by atoms with Crippen LogP contribution in [0.2, 0.25) is 0 Å². The average molecular weight is 325 g/mol. The molecule has 21 heavy (non-hydrogen) atoms. The van der Waals surface area contributed by atoms with E-state index in [0.29, 0.717) is 10.6 Å². The monoisotopic (exact) mass is 325 g/mol. The molecule has 7 heteroatoms. The lowest BCUT2D eigenvalue weighted by Gasteiger charge is -2.16. The summed E-state index contributed by atoms with van der Waals surface area (Å²) in [6.45, 7) is 1.55. The van der Waals surface area contributed by atoms with E-state index in [0.717, 1.165) is 5.56 Å². The molecule has 3 N–H and O–H groups in total. The van der Waals surface area contributed by atoms with Gasteiger partial charge in [-0.15, -0.1) is 11.3 Å². The predicted octanol–water partition coefficient (Wildman–Crippen LogP) is 3.73.